The Bertz CT molecular complexity index is 848. The molecule has 0 aliphatic carbocycles. The van der Waals surface area contributed by atoms with Crippen LogP contribution in [0.1, 0.15) is 123 Å². The molecule has 0 aliphatic rings. The lowest BCUT2D eigenvalue weighted by Gasteiger charge is -1.99. The fraction of sp³-hybridized carbons (Fsp3) is 0.654. The predicted octanol–water partition coefficient (Wildman–Crippen LogP) is 9.45. The summed E-state index contributed by atoms with van der Waals surface area (Å²) in [6.07, 6.45) is 0. The highest BCUT2D eigenvalue weighted by Gasteiger charge is 2.09. The van der Waals surface area contributed by atoms with Crippen molar-refractivity contribution < 1.29 is 4.42 Å². The molecule has 0 amide bonds. The van der Waals surface area contributed by atoms with Gasteiger partial charge in [-0.05, 0) is 46.5 Å². The maximum absolute atomic E-state index is 5.26. The molecule has 0 bridgehead atoms. The van der Waals surface area contributed by atoms with Crippen LogP contribution in [0, 0.1) is 41.5 Å². The van der Waals surface area contributed by atoms with Crippen LogP contribution in [0.5, 0.6) is 0 Å². The third-order valence-electron chi connectivity index (χ3n) is 4.51. The van der Waals surface area contributed by atoms with E-state index in [2.05, 4.69) is 84.2 Å². The van der Waals surface area contributed by atoms with Crippen molar-refractivity contribution in [3.63, 3.8) is 0 Å². The molecule has 0 radical (unpaired) electrons. The molecule has 3 rings (SSSR count). The Labute approximate surface area is 206 Å². The molecule has 0 aliphatic heterocycles. The maximum atomic E-state index is 5.26. The summed E-state index contributed by atoms with van der Waals surface area (Å²) < 4.78 is 5.26. The molecule has 6 heteroatoms. The summed E-state index contributed by atoms with van der Waals surface area (Å²) in [5, 5.41) is 2.44. The summed E-state index contributed by atoms with van der Waals surface area (Å²) in [6.45, 7) is 25.2. The van der Waals surface area contributed by atoms with Crippen molar-refractivity contribution in [1.82, 2.24) is 15.0 Å². The van der Waals surface area contributed by atoms with E-state index < -0.39 is 0 Å². The smallest absolute Gasteiger partial charge is 0.191 e. The first kappa shape index (κ1) is 32.6. The summed E-state index contributed by atoms with van der Waals surface area (Å²) in [7, 11) is 0. The first-order chi connectivity index (χ1) is 13.8. The van der Waals surface area contributed by atoms with Gasteiger partial charge in [-0.1, -0.05) is 56.4 Å². The Morgan fingerprint density at radius 1 is 0.625 bits per heavy atom. The standard InChI is InChI=1S/C8H13NO.2C8H13NS.2CH4/c2*1-5(2)8-6(3)10-7(4)9-8;1-5(2)8-9-6(3)7(4)10-8;;/h3*5H,1-4H3;2*1H4. The Kier molecular flexibility index (Phi) is 14.9. The minimum absolute atomic E-state index is 0. The summed E-state index contributed by atoms with van der Waals surface area (Å²) in [5.41, 5.74) is 3.54. The molecule has 4 nitrogen and oxygen atoms in total. The van der Waals surface area contributed by atoms with Gasteiger partial charge in [-0.25, -0.2) is 15.0 Å². The predicted molar refractivity (Wildman–Crippen MR) is 145 cm³/mol. The highest BCUT2D eigenvalue weighted by Crippen LogP contribution is 2.24. The van der Waals surface area contributed by atoms with E-state index in [0.717, 1.165) is 17.3 Å². The lowest BCUT2D eigenvalue weighted by atomic mass is 10.1. The van der Waals surface area contributed by atoms with E-state index in [1.54, 1.807) is 11.3 Å². The van der Waals surface area contributed by atoms with E-state index in [1.807, 2.05) is 25.2 Å². The first-order valence-corrected chi connectivity index (χ1v) is 12.3. The van der Waals surface area contributed by atoms with E-state index >= 15 is 0 Å². The highest BCUT2D eigenvalue weighted by atomic mass is 32.1. The molecule has 0 atom stereocenters. The zero-order chi connectivity index (χ0) is 23.2. The second kappa shape index (κ2) is 14.6. The normalized spacial score (nSPS) is 10.2. The van der Waals surface area contributed by atoms with Gasteiger partial charge in [0.25, 0.3) is 0 Å². The van der Waals surface area contributed by atoms with Crippen LogP contribution in [0.3, 0.4) is 0 Å². The highest BCUT2D eigenvalue weighted by molar-refractivity contribution is 7.12. The molecule has 32 heavy (non-hydrogen) atoms. The number of hydrogen-bond donors (Lipinski definition) is 0. The van der Waals surface area contributed by atoms with Crippen molar-refractivity contribution in [1.29, 1.82) is 0 Å². The summed E-state index contributed by atoms with van der Waals surface area (Å²) in [5.74, 6) is 3.34. The average Bonchev–Trinajstić information content (AvgIpc) is 3.26. The van der Waals surface area contributed by atoms with Crippen LogP contribution in [-0.4, -0.2) is 15.0 Å². The minimum Gasteiger partial charge on any atom is -0.446 e. The number of nitrogens with zero attached hydrogens (tertiary/aromatic N) is 3. The van der Waals surface area contributed by atoms with Crippen molar-refractivity contribution in [3.05, 3.63) is 48.5 Å². The molecule has 184 valence electrons. The molecule has 0 saturated carbocycles. The van der Waals surface area contributed by atoms with Gasteiger partial charge in [0.1, 0.15) is 5.76 Å². The number of hydrogen-bond acceptors (Lipinski definition) is 6. The quantitative estimate of drug-likeness (QED) is 0.374. The van der Waals surface area contributed by atoms with Crippen molar-refractivity contribution >= 4 is 22.7 Å². The third-order valence-corrected chi connectivity index (χ3v) is 6.79. The lowest BCUT2D eigenvalue weighted by molar-refractivity contribution is 0.492. The molecule has 3 heterocycles. The van der Waals surface area contributed by atoms with Gasteiger partial charge >= 0.3 is 0 Å². The fourth-order valence-electron chi connectivity index (χ4n) is 2.91. The van der Waals surface area contributed by atoms with E-state index in [-0.39, 0.29) is 14.9 Å². The van der Waals surface area contributed by atoms with E-state index in [4.69, 9.17) is 4.42 Å². The molecule has 0 fully saturated rings. The maximum Gasteiger partial charge on any atom is 0.191 e. The summed E-state index contributed by atoms with van der Waals surface area (Å²) in [6, 6.07) is 0. The molecular formula is C26H47N3OS2. The third kappa shape index (κ3) is 9.95. The van der Waals surface area contributed by atoms with Gasteiger partial charge in [0, 0.05) is 22.6 Å². The zero-order valence-electron chi connectivity index (χ0n) is 20.8. The van der Waals surface area contributed by atoms with Crippen molar-refractivity contribution in [3.8, 4) is 0 Å². The van der Waals surface area contributed by atoms with E-state index in [0.29, 0.717) is 17.8 Å². The summed E-state index contributed by atoms with van der Waals surface area (Å²) in [4.78, 5) is 15.8. The molecule has 3 aromatic heterocycles. The topological polar surface area (TPSA) is 51.8 Å². The van der Waals surface area contributed by atoms with Gasteiger partial charge < -0.3 is 4.42 Å². The Morgan fingerprint density at radius 3 is 1.34 bits per heavy atom. The monoisotopic (exact) mass is 481 g/mol. The van der Waals surface area contributed by atoms with Gasteiger partial charge in [0.15, 0.2) is 5.89 Å². The SMILES string of the molecule is C.C.Cc1nc(C(C)C)c(C)o1.Cc1nc(C(C)C)c(C)s1.Cc1nc(C(C)C)sc1C. The number of rotatable bonds is 3. The van der Waals surface area contributed by atoms with Crippen LogP contribution >= 0.6 is 22.7 Å². The first-order valence-electron chi connectivity index (χ1n) is 10.6. The number of aryl methyl sites for hydroxylation is 6. The molecule has 3 aromatic rings. The van der Waals surface area contributed by atoms with Gasteiger partial charge in [0.05, 0.1) is 27.1 Å². The summed E-state index contributed by atoms with van der Waals surface area (Å²) >= 11 is 3.60. The Balaban J connectivity index is 0. The Morgan fingerprint density at radius 2 is 1.16 bits per heavy atom. The van der Waals surface area contributed by atoms with E-state index in [1.165, 1.54) is 31.2 Å². The molecule has 0 N–H and O–H groups in total. The largest absolute Gasteiger partial charge is 0.446 e. The van der Waals surface area contributed by atoms with Crippen LogP contribution in [0.25, 0.3) is 0 Å². The average molecular weight is 482 g/mol. The molecule has 0 spiro atoms. The second-order valence-corrected chi connectivity index (χ2v) is 11.1. The van der Waals surface area contributed by atoms with Gasteiger partial charge in [-0.3, -0.25) is 0 Å². The number of oxazole rings is 1. The van der Waals surface area contributed by atoms with Crippen LogP contribution in [0.4, 0.5) is 0 Å². The van der Waals surface area contributed by atoms with E-state index in [9.17, 15) is 0 Å². The van der Waals surface area contributed by atoms with Gasteiger partial charge in [-0.15, -0.1) is 22.7 Å². The number of thiazole rings is 2. The fourth-order valence-corrected chi connectivity index (χ4v) is 4.80. The van der Waals surface area contributed by atoms with Crippen molar-refractivity contribution in [2.45, 2.75) is 116 Å². The minimum atomic E-state index is 0. The molecule has 0 aromatic carbocycles. The van der Waals surface area contributed by atoms with Crippen molar-refractivity contribution in [2.75, 3.05) is 0 Å². The molecule has 0 unspecified atom stereocenters. The second-order valence-electron chi connectivity index (χ2n) is 8.51. The zero-order valence-corrected chi connectivity index (χ0v) is 22.4. The number of aromatic nitrogens is 3. The van der Waals surface area contributed by atoms with Crippen LogP contribution in [0.2, 0.25) is 0 Å². The van der Waals surface area contributed by atoms with Crippen LogP contribution in [-0.2, 0) is 0 Å². The Hall–Kier alpha value is -1.53. The van der Waals surface area contributed by atoms with Gasteiger partial charge in [0.2, 0.25) is 0 Å². The molecular weight excluding hydrogens is 434 g/mol. The van der Waals surface area contributed by atoms with Gasteiger partial charge in [-0.2, -0.15) is 0 Å². The van der Waals surface area contributed by atoms with Crippen LogP contribution in [0.15, 0.2) is 4.42 Å². The lowest BCUT2D eigenvalue weighted by Crippen LogP contribution is -1.89. The van der Waals surface area contributed by atoms with Crippen LogP contribution < -0.4 is 0 Å². The molecule has 0 saturated heterocycles. The van der Waals surface area contributed by atoms with Crippen molar-refractivity contribution in [2.24, 2.45) is 0 Å².